The Balaban J connectivity index is 1.20. The summed E-state index contributed by atoms with van der Waals surface area (Å²) in [5.74, 6) is -0.0435. The van der Waals surface area contributed by atoms with Gasteiger partial charge in [0.05, 0.1) is 5.56 Å². The Morgan fingerprint density at radius 2 is 1.79 bits per heavy atom. The monoisotopic (exact) mass is 462 g/mol. The summed E-state index contributed by atoms with van der Waals surface area (Å²) in [6.45, 7) is 1.03. The maximum Gasteiger partial charge on any atom is 0.417 e. The number of benzene rings is 1. The molecule has 0 radical (unpaired) electrons. The lowest BCUT2D eigenvalue weighted by Crippen LogP contribution is -2.45. The number of nitrogens with zero attached hydrogens (tertiary/aromatic N) is 3. The lowest BCUT2D eigenvalue weighted by Gasteiger charge is -2.29. The Labute approximate surface area is 189 Å². The van der Waals surface area contributed by atoms with Crippen LogP contribution in [-0.4, -0.2) is 53.6 Å². The molecule has 1 aliphatic carbocycles. The first-order chi connectivity index (χ1) is 15.8. The molecule has 33 heavy (non-hydrogen) atoms. The van der Waals surface area contributed by atoms with Gasteiger partial charge in [-0.25, -0.2) is 9.78 Å². The second kappa shape index (κ2) is 9.68. The average Bonchev–Trinajstić information content (AvgIpc) is 3.15. The minimum absolute atomic E-state index is 0.00801. The molecule has 7 nitrogen and oxygen atoms in total. The Hall–Kier alpha value is -3.30. The lowest BCUT2D eigenvalue weighted by atomic mass is 9.93. The van der Waals surface area contributed by atoms with Gasteiger partial charge in [0.2, 0.25) is 11.8 Å². The van der Waals surface area contributed by atoms with Gasteiger partial charge in [-0.05, 0) is 43.9 Å². The van der Waals surface area contributed by atoms with Crippen LogP contribution in [0.4, 0.5) is 23.7 Å². The number of hydrogen-bond acceptors (Lipinski definition) is 4. The van der Waals surface area contributed by atoms with E-state index in [1.54, 1.807) is 4.90 Å². The number of urea groups is 1. The number of carbonyl (C=O) groups is 2. The van der Waals surface area contributed by atoms with Crippen molar-refractivity contribution in [3.8, 4) is 5.88 Å². The number of pyridine rings is 1. The fourth-order valence-electron chi connectivity index (χ4n) is 4.14. The van der Waals surface area contributed by atoms with Gasteiger partial charge in [0.1, 0.15) is 12.6 Å². The second-order valence-corrected chi connectivity index (χ2v) is 8.23. The molecule has 0 atom stereocenters. The molecule has 0 spiro atoms. The summed E-state index contributed by atoms with van der Waals surface area (Å²) >= 11 is 0. The van der Waals surface area contributed by atoms with Crippen LogP contribution in [0.2, 0.25) is 0 Å². The smallest absolute Gasteiger partial charge is 0.417 e. The van der Waals surface area contributed by atoms with E-state index in [0.717, 1.165) is 18.0 Å². The highest BCUT2D eigenvalue weighted by atomic mass is 19.4. The molecule has 2 fully saturated rings. The first-order valence-electron chi connectivity index (χ1n) is 10.9. The quantitative estimate of drug-likeness (QED) is 0.708. The van der Waals surface area contributed by atoms with E-state index in [0.29, 0.717) is 38.8 Å². The van der Waals surface area contributed by atoms with E-state index < -0.39 is 11.7 Å². The minimum atomic E-state index is -4.43. The molecule has 10 heteroatoms. The fourth-order valence-corrected chi connectivity index (χ4v) is 4.14. The number of hydrogen-bond donors (Lipinski definition) is 1. The predicted octanol–water partition coefficient (Wildman–Crippen LogP) is 3.85. The molecule has 1 aromatic heterocycles. The van der Waals surface area contributed by atoms with E-state index in [1.807, 2.05) is 30.3 Å². The Morgan fingerprint density at radius 1 is 1.06 bits per heavy atom. The average molecular weight is 462 g/mol. The molecule has 1 saturated carbocycles. The molecule has 0 unspecified atom stereocenters. The van der Waals surface area contributed by atoms with Crippen molar-refractivity contribution in [3.05, 3.63) is 54.2 Å². The highest BCUT2D eigenvalue weighted by Gasteiger charge is 2.32. The largest absolute Gasteiger partial charge is 0.474 e. The zero-order chi connectivity index (χ0) is 23.4. The van der Waals surface area contributed by atoms with Gasteiger partial charge in [-0.3, -0.25) is 9.69 Å². The first kappa shape index (κ1) is 22.9. The maximum absolute atomic E-state index is 12.6. The van der Waals surface area contributed by atoms with Crippen molar-refractivity contribution in [1.29, 1.82) is 0 Å². The van der Waals surface area contributed by atoms with E-state index in [4.69, 9.17) is 4.74 Å². The molecule has 4 rings (SSSR count). The number of aromatic nitrogens is 1. The van der Waals surface area contributed by atoms with Crippen LogP contribution in [0, 0.1) is 0 Å². The molecule has 2 aliphatic rings. The number of carbonyl (C=O) groups excluding carboxylic acids is 2. The minimum Gasteiger partial charge on any atom is -0.474 e. The number of para-hydroxylation sites is 1. The Bertz CT molecular complexity index is 961. The van der Waals surface area contributed by atoms with E-state index in [-0.39, 0.29) is 36.5 Å². The van der Waals surface area contributed by atoms with Crippen molar-refractivity contribution in [3.63, 3.8) is 0 Å². The third-order valence-electron chi connectivity index (χ3n) is 5.89. The first-order valence-corrected chi connectivity index (χ1v) is 10.9. The van der Waals surface area contributed by atoms with Gasteiger partial charge in [-0.15, -0.1) is 0 Å². The number of rotatable bonds is 6. The summed E-state index contributed by atoms with van der Waals surface area (Å²) in [5.41, 5.74) is -0.00379. The van der Waals surface area contributed by atoms with Crippen LogP contribution in [-0.2, 0) is 11.0 Å². The third kappa shape index (κ3) is 5.74. The van der Waals surface area contributed by atoms with Crippen molar-refractivity contribution >= 4 is 17.6 Å². The molecule has 2 aromatic rings. The van der Waals surface area contributed by atoms with Crippen LogP contribution in [0.3, 0.4) is 0 Å². The van der Waals surface area contributed by atoms with Crippen LogP contribution in [0.25, 0.3) is 0 Å². The van der Waals surface area contributed by atoms with Gasteiger partial charge >= 0.3 is 12.2 Å². The molecular formula is C23H25F3N4O3. The topological polar surface area (TPSA) is 74.8 Å². The summed E-state index contributed by atoms with van der Waals surface area (Å²) in [6, 6.07) is 11.3. The SMILES string of the molecule is O=C(CN1CCN(c2ccccc2)C1=O)NC1CCC(Oc2ccc(C(F)(F)F)cn2)CC1. The second-order valence-electron chi connectivity index (χ2n) is 8.23. The molecule has 1 N–H and O–H groups in total. The van der Waals surface area contributed by atoms with E-state index in [2.05, 4.69) is 10.3 Å². The number of amides is 3. The highest BCUT2D eigenvalue weighted by Crippen LogP contribution is 2.30. The molecule has 2 heterocycles. The van der Waals surface area contributed by atoms with E-state index in [9.17, 15) is 22.8 Å². The molecule has 1 aromatic carbocycles. The van der Waals surface area contributed by atoms with Crippen molar-refractivity contribution in [1.82, 2.24) is 15.2 Å². The van der Waals surface area contributed by atoms with Crippen molar-refractivity contribution in [2.45, 2.75) is 44.0 Å². The number of ether oxygens (including phenoxy) is 1. The Kier molecular flexibility index (Phi) is 6.71. The number of nitrogens with one attached hydrogen (secondary N) is 1. The predicted molar refractivity (Wildman–Crippen MR) is 115 cm³/mol. The number of anilines is 1. The van der Waals surface area contributed by atoms with Crippen molar-refractivity contribution in [2.24, 2.45) is 0 Å². The van der Waals surface area contributed by atoms with E-state index in [1.165, 1.54) is 11.0 Å². The molecule has 3 amide bonds. The summed E-state index contributed by atoms with van der Waals surface area (Å²) in [6.07, 6.45) is -1.17. The van der Waals surface area contributed by atoms with Crippen LogP contribution >= 0.6 is 0 Å². The number of halogens is 3. The summed E-state index contributed by atoms with van der Waals surface area (Å²) in [4.78, 5) is 32.0. The summed E-state index contributed by atoms with van der Waals surface area (Å²) < 4.78 is 43.6. The van der Waals surface area contributed by atoms with E-state index >= 15 is 0 Å². The van der Waals surface area contributed by atoms with Gasteiger partial charge < -0.3 is 15.0 Å². The van der Waals surface area contributed by atoms with Gasteiger partial charge in [0, 0.05) is 37.1 Å². The van der Waals surface area contributed by atoms with Crippen LogP contribution in [0.5, 0.6) is 5.88 Å². The maximum atomic E-state index is 12.6. The van der Waals surface area contributed by atoms with Crippen LogP contribution in [0.1, 0.15) is 31.2 Å². The summed E-state index contributed by atoms with van der Waals surface area (Å²) in [5, 5.41) is 2.98. The van der Waals surface area contributed by atoms with Crippen LogP contribution < -0.4 is 15.0 Å². The van der Waals surface area contributed by atoms with Crippen molar-refractivity contribution < 1.29 is 27.5 Å². The standard InChI is InChI=1S/C23H25F3N4O3/c24-23(25,26)16-6-11-21(27-14-16)33-19-9-7-17(8-10-19)28-20(31)15-29-12-13-30(22(29)32)18-4-2-1-3-5-18/h1-6,11,14,17,19H,7-10,12-13,15H2,(H,28,31). The van der Waals surface area contributed by atoms with Gasteiger partial charge in [0.25, 0.3) is 0 Å². The molecule has 1 aliphatic heterocycles. The van der Waals surface area contributed by atoms with Gasteiger partial charge in [0.15, 0.2) is 0 Å². The summed E-state index contributed by atoms with van der Waals surface area (Å²) in [7, 11) is 0. The molecule has 0 bridgehead atoms. The highest BCUT2D eigenvalue weighted by molar-refractivity contribution is 5.96. The normalized spacial score (nSPS) is 21.2. The Morgan fingerprint density at radius 3 is 2.42 bits per heavy atom. The van der Waals surface area contributed by atoms with Crippen LogP contribution in [0.15, 0.2) is 48.7 Å². The third-order valence-corrected chi connectivity index (χ3v) is 5.89. The molecular weight excluding hydrogens is 437 g/mol. The molecule has 176 valence electrons. The van der Waals surface area contributed by atoms with Crippen molar-refractivity contribution in [2.75, 3.05) is 24.5 Å². The van der Waals surface area contributed by atoms with Gasteiger partial charge in [-0.1, -0.05) is 18.2 Å². The zero-order valence-corrected chi connectivity index (χ0v) is 17.9. The lowest BCUT2D eigenvalue weighted by molar-refractivity contribution is -0.137. The fraction of sp³-hybridized carbons (Fsp3) is 0.435. The van der Waals surface area contributed by atoms with Gasteiger partial charge in [-0.2, -0.15) is 13.2 Å². The zero-order valence-electron chi connectivity index (χ0n) is 17.9. The number of alkyl halides is 3. The molecule has 1 saturated heterocycles.